The van der Waals surface area contributed by atoms with E-state index in [9.17, 15) is 13.2 Å². The fourth-order valence-corrected chi connectivity index (χ4v) is 3.26. The largest absolute Gasteiger partial charge is 0.319 e. The molecule has 1 aliphatic heterocycles. The number of hydrogen-bond donors (Lipinski definition) is 2. The van der Waals surface area contributed by atoms with Gasteiger partial charge in [0, 0.05) is 31.7 Å². The molecule has 0 spiro atoms. The van der Waals surface area contributed by atoms with Gasteiger partial charge in [0.05, 0.1) is 23.7 Å². The van der Waals surface area contributed by atoms with Crippen molar-refractivity contribution < 1.29 is 13.2 Å². The minimum absolute atomic E-state index is 0.244. The predicted octanol–water partition coefficient (Wildman–Crippen LogP) is 0.375. The summed E-state index contributed by atoms with van der Waals surface area (Å²) in [5.41, 5.74) is 2.63. The molecule has 3 heterocycles. The molecule has 0 atom stereocenters. The Labute approximate surface area is 127 Å². The molecular formula is C13H15N5O3S. The summed E-state index contributed by atoms with van der Waals surface area (Å²) in [6, 6.07) is 0. The van der Waals surface area contributed by atoms with Crippen LogP contribution in [0.4, 0.5) is 5.69 Å². The molecule has 0 aromatic carbocycles. The van der Waals surface area contributed by atoms with E-state index in [4.69, 9.17) is 0 Å². The van der Waals surface area contributed by atoms with Crippen molar-refractivity contribution in [1.82, 2.24) is 19.5 Å². The van der Waals surface area contributed by atoms with E-state index in [-0.39, 0.29) is 12.5 Å². The van der Waals surface area contributed by atoms with Crippen LogP contribution in [0.2, 0.25) is 0 Å². The van der Waals surface area contributed by atoms with E-state index < -0.39 is 10.0 Å². The summed E-state index contributed by atoms with van der Waals surface area (Å²) in [5, 5.41) is 9.11. The van der Waals surface area contributed by atoms with Gasteiger partial charge >= 0.3 is 0 Å². The number of aromatic nitrogens is 3. The number of nitrogens with one attached hydrogen (secondary N) is 2. The number of carbonyl (C=O) groups is 1. The summed E-state index contributed by atoms with van der Waals surface area (Å²) >= 11 is 0. The molecule has 2 aromatic heterocycles. The number of aromatic amines is 1. The average Bonchev–Trinajstić information content (AvgIpc) is 2.98. The Balaban J connectivity index is 1.88. The predicted molar refractivity (Wildman–Crippen MR) is 79.7 cm³/mol. The third-order valence-electron chi connectivity index (χ3n) is 3.57. The van der Waals surface area contributed by atoms with Crippen molar-refractivity contribution in [2.75, 3.05) is 18.1 Å². The van der Waals surface area contributed by atoms with Gasteiger partial charge in [-0.05, 0) is 17.5 Å². The van der Waals surface area contributed by atoms with Crippen molar-refractivity contribution in [3.05, 3.63) is 41.5 Å². The maximum Gasteiger partial charge on any atom is 0.257 e. The fraction of sp³-hybridized carbons (Fsp3) is 0.308. The molecule has 0 bridgehead atoms. The molecule has 1 aliphatic rings. The number of H-pyrrole nitrogens is 1. The number of anilines is 1. The standard InChI is InChI=1S/C13H15N5O3S/c1-22(20,21)18-3-2-11-9(8-18)4-14-7-12(11)13(19)17-10-5-15-16-6-10/h4-7H,2-3,8H2,1H3,(H,15,16)(H,17,19). The quantitative estimate of drug-likeness (QED) is 0.849. The van der Waals surface area contributed by atoms with Crippen molar-refractivity contribution in [3.8, 4) is 0 Å². The fourth-order valence-electron chi connectivity index (χ4n) is 2.46. The molecular weight excluding hydrogens is 306 g/mol. The smallest absolute Gasteiger partial charge is 0.257 e. The monoisotopic (exact) mass is 321 g/mol. The van der Waals surface area contributed by atoms with Gasteiger partial charge in [0.1, 0.15) is 0 Å². The molecule has 0 unspecified atom stereocenters. The van der Waals surface area contributed by atoms with Crippen molar-refractivity contribution in [2.24, 2.45) is 0 Å². The Morgan fingerprint density at radius 1 is 1.36 bits per heavy atom. The second-order valence-corrected chi connectivity index (χ2v) is 7.09. The Morgan fingerprint density at radius 2 is 2.18 bits per heavy atom. The van der Waals surface area contributed by atoms with E-state index in [1.807, 2.05) is 0 Å². The van der Waals surface area contributed by atoms with Crippen molar-refractivity contribution in [2.45, 2.75) is 13.0 Å². The van der Waals surface area contributed by atoms with Gasteiger partial charge in [0.2, 0.25) is 10.0 Å². The van der Waals surface area contributed by atoms with Gasteiger partial charge < -0.3 is 5.32 Å². The Kier molecular flexibility index (Phi) is 3.67. The molecule has 0 radical (unpaired) electrons. The Hall–Kier alpha value is -2.26. The molecule has 3 rings (SSSR count). The van der Waals surface area contributed by atoms with Crippen LogP contribution in [0.25, 0.3) is 0 Å². The number of hydrogen-bond acceptors (Lipinski definition) is 5. The number of sulfonamides is 1. The first-order chi connectivity index (χ1) is 10.4. The van der Waals surface area contributed by atoms with E-state index in [2.05, 4.69) is 20.5 Å². The van der Waals surface area contributed by atoms with Crippen LogP contribution in [-0.4, -0.2) is 46.6 Å². The van der Waals surface area contributed by atoms with Crippen LogP contribution in [0, 0.1) is 0 Å². The minimum atomic E-state index is -3.25. The number of pyridine rings is 1. The number of rotatable bonds is 3. The summed E-state index contributed by atoms with van der Waals surface area (Å²) in [6.45, 7) is 0.607. The molecule has 0 aliphatic carbocycles. The van der Waals surface area contributed by atoms with Crippen molar-refractivity contribution in [3.63, 3.8) is 0 Å². The molecule has 0 fully saturated rings. The number of fused-ring (bicyclic) bond motifs is 1. The molecule has 0 saturated carbocycles. The van der Waals surface area contributed by atoms with Crippen LogP contribution in [0.3, 0.4) is 0 Å². The number of amides is 1. The van der Waals surface area contributed by atoms with Gasteiger partial charge in [-0.25, -0.2) is 8.42 Å². The first-order valence-electron chi connectivity index (χ1n) is 6.66. The van der Waals surface area contributed by atoms with Gasteiger partial charge in [-0.15, -0.1) is 0 Å². The average molecular weight is 321 g/mol. The summed E-state index contributed by atoms with van der Waals surface area (Å²) in [4.78, 5) is 16.4. The van der Waals surface area contributed by atoms with Crippen LogP contribution >= 0.6 is 0 Å². The molecule has 8 nitrogen and oxygen atoms in total. The maximum atomic E-state index is 12.3. The second kappa shape index (κ2) is 5.50. The lowest BCUT2D eigenvalue weighted by molar-refractivity contribution is 0.102. The lowest BCUT2D eigenvalue weighted by Crippen LogP contribution is -2.36. The topological polar surface area (TPSA) is 108 Å². The van der Waals surface area contributed by atoms with Crippen LogP contribution in [0.1, 0.15) is 21.5 Å². The molecule has 2 N–H and O–H groups in total. The zero-order valence-corrected chi connectivity index (χ0v) is 12.7. The normalized spacial score (nSPS) is 15.3. The van der Waals surface area contributed by atoms with E-state index in [0.29, 0.717) is 24.2 Å². The highest BCUT2D eigenvalue weighted by atomic mass is 32.2. The third kappa shape index (κ3) is 2.85. The molecule has 2 aromatic rings. The van der Waals surface area contributed by atoms with Gasteiger partial charge in [0.25, 0.3) is 5.91 Å². The summed E-state index contributed by atoms with van der Waals surface area (Å²) in [5.74, 6) is -0.279. The van der Waals surface area contributed by atoms with Gasteiger partial charge in [-0.3, -0.25) is 14.9 Å². The zero-order chi connectivity index (χ0) is 15.7. The zero-order valence-electron chi connectivity index (χ0n) is 11.9. The minimum Gasteiger partial charge on any atom is -0.319 e. The maximum absolute atomic E-state index is 12.3. The van der Waals surface area contributed by atoms with Gasteiger partial charge in [-0.1, -0.05) is 0 Å². The van der Waals surface area contributed by atoms with Crippen molar-refractivity contribution in [1.29, 1.82) is 0 Å². The van der Waals surface area contributed by atoms with Crippen LogP contribution in [0.15, 0.2) is 24.8 Å². The van der Waals surface area contributed by atoms with Gasteiger partial charge in [0.15, 0.2) is 0 Å². The highest BCUT2D eigenvalue weighted by molar-refractivity contribution is 7.88. The Morgan fingerprint density at radius 3 is 2.86 bits per heavy atom. The highest BCUT2D eigenvalue weighted by Gasteiger charge is 2.26. The van der Waals surface area contributed by atoms with Crippen molar-refractivity contribution >= 4 is 21.6 Å². The first-order valence-corrected chi connectivity index (χ1v) is 8.51. The van der Waals surface area contributed by atoms with E-state index >= 15 is 0 Å². The number of carbonyl (C=O) groups excluding carboxylic acids is 1. The highest BCUT2D eigenvalue weighted by Crippen LogP contribution is 2.23. The second-order valence-electron chi connectivity index (χ2n) is 5.11. The molecule has 22 heavy (non-hydrogen) atoms. The third-order valence-corrected chi connectivity index (χ3v) is 4.82. The first kappa shape index (κ1) is 14.7. The SMILES string of the molecule is CS(=O)(=O)N1CCc2c(cncc2C(=O)Nc2cn[nH]c2)C1. The van der Waals surface area contributed by atoms with Crippen LogP contribution in [-0.2, 0) is 23.0 Å². The molecule has 1 amide bonds. The van der Waals surface area contributed by atoms with E-state index in [0.717, 1.165) is 11.1 Å². The van der Waals surface area contributed by atoms with E-state index in [1.54, 1.807) is 12.4 Å². The van der Waals surface area contributed by atoms with Crippen LogP contribution < -0.4 is 5.32 Å². The summed E-state index contributed by atoms with van der Waals surface area (Å²) < 4.78 is 24.7. The Bertz CT molecular complexity index is 801. The molecule has 9 heteroatoms. The molecule has 116 valence electrons. The summed E-state index contributed by atoms with van der Waals surface area (Å²) in [6.07, 6.45) is 7.86. The lowest BCUT2D eigenvalue weighted by Gasteiger charge is -2.27. The van der Waals surface area contributed by atoms with Gasteiger partial charge in [-0.2, -0.15) is 9.40 Å². The summed E-state index contributed by atoms with van der Waals surface area (Å²) in [7, 11) is -3.25. The number of nitrogens with zero attached hydrogens (tertiary/aromatic N) is 3. The van der Waals surface area contributed by atoms with E-state index in [1.165, 1.54) is 23.0 Å². The van der Waals surface area contributed by atoms with Crippen LogP contribution in [0.5, 0.6) is 0 Å². The lowest BCUT2D eigenvalue weighted by atomic mass is 9.98. The molecule has 0 saturated heterocycles.